The van der Waals surface area contributed by atoms with Crippen molar-refractivity contribution in [3.05, 3.63) is 36.0 Å². The fraction of sp³-hybridized carbons (Fsp3) is 0.100. The Bertz CT molecular complexity index is 620. The summed E-state index contributed by atoms with van der Waals surface area (Å²) in [4.78, 5) is 3.82. The molecule has 4 nitrogen and oxygen atoms in total. The van der Waals surface area contributed by atoms with E-state index in [0.29, 0.717) is 5.52 Å². The fourth-order valence-corrected chi connectivity index (χ4v) is 2.15. The van der Waals surface area contributed by atoms with Crippen LogP contribution in [0.3, 0.4) is 0 Å². The van der Waals surface area contributed by atoms with E-state index in [0.717, 1.165) is 10.9 Å². The lowest BCUT2D eigenvalue weighted by molar-refractivity contribution is 0.484. The van der Waals surface area contributed by atoms with Crippen LogP contribution in [-0.4, -0.2) is 18.0 Å². The fourth-order valence-electron chi connectivity index (χ4n) is 1.50. The van der Waals surface area contributed by atoms with E-state index >= 15 is 0 Å². The third kappa shape index (κ3) is 1.71. The van der Waals surface area contributed by atoms with Crippen molar-refractivity contribution < 1.29 is 13.0 Å². The minimum atomic E-state index is -4.21. The van der Waals surface area contributed by atoms with Gasteiger partial charge in [-0.3, -0.25) is 9.54 Å². The second kappa shape index (κ2) is 3.29. The molecule has 0 fully saturated rings. The van der Waals surface area contributed by atoms with Gasteiger partial charge < -0.3 is 0 Å². The van der Waals surface area contributed by atoms with E-state index in [2.05, 4.69) is 4.98 Å². The van der Waals surface area contributed by atoms with Gasteiger partial charge in [-0.05, 0) is 24.6 Å². The van der Waals surface area contributed by atoms with Crippen molar-refractivity contribution >= 4 is 21.0 Å². The molecule has 0 aliphatic heterocycles. The summed E-state index contributed by atoms with van der Waals surface area (Å²) < 4.78 is 31.2. The molecule has 0 atom stereocenters. The zero-order chi connectivity index (χ0) is 11.1. The molecule has 0 saturated carbocycles. The van der Waals surface area contributed by atoms with Crippen molar-refractivity contribution in [2.24, 2.45) is 0 Å². The molecule has 0 bridgehead atoms. The number of benzene rings is 1. The number of hydrogen-bond donors (Lipinski definition) is 1. The Balaban J connectivity index is 2.96. The molecule has 0 radical (unpaired) electrons. The lowest BCUT2D eigenvalue weighted by atomic mass is 10.1. The number of hydrogen-bond acceptors (Lipinski definition) is 3. The summed E-state index contributed by atoms with van der Waals surface area (Å²) in [6.45, 7) is 1.86. The Morgan fingerprint density at radius 2 is 2.00 bits per heavy atom. The highest BCUT2D eigenvalue weighted by atomic mass is 32.2. The molecule has 1 N–H and O–H groups in total. The zero-order valence-electron chi connectivity index (χ0n) is 8.01. The molecule has 0 amide bonds. The highest BCUT2D eigenvalue weighted by Gasteiger charge is 2.14. The van der Waals surface area contributed by atoms with E-state index < -0.39 is 10.1 Å². The first-order valence-corrected chi connectivity index (χ1v) is 5.76. The number of nitrogens with zero attached hydrogens (tertiary/aromatic N) is 1. The average molecular weight is 223 g/mol. The molecule has 5 heteroatoms. The molecule has 2 aromatic rings. The summed E-state index contributed by atoms with van der Waals surface area (Å²) in [5, 5.41) is 0.729. The molecule has 1 aromatic carbocycles. The van der Waals surface area contributed by atoms with Gasteiger partial charge in [-0.2, -0.15) is 8.42 Å². The molecule has 0 saturated heterocycles. The molecule has 1 heterocycles. The first-order valence-electron chi connectivity index (χ1n) is 4.32. The number of aromatic nitrogens is 1. The van der Waals surface area contributed by atoms with Crippen LogP contribution in [0.15, 0.2) is 35.4 Å². The predicted octanol–water partition coefficient (Wildman–Crippen LogP) is 1.79. The third-order valence-corrected chi connectivity index (χ3v) is 3.12. The molecular formula is C10H9NO3S. The molecule has 78 valence electrons. The quantitative estimate of drug-likeness (QED) is 0.748. The molecule has 0 aliphatic rings. The Hall–Kier alpha value is -1.46. The van der Waals surface area contributed by atoms with Gasteiger partial charge in [0.1, 0.15) is 4.90 Å². The van der Waals surface area contributed by atoms with Gasteiger partial charge in [-0.15, -0.1) is 0 Å². The lowest BCUT2D eigenvalue weighted by Crippen LogP contribution is -2.00. The van der Waals surface area contributed by atoms with Crippen molar-refractivity contribution in [1.29, 1.82) is 0 Å². The van der Waals surface area contributed by atoms with E-state index in [1.165, 1.54) is 12.3 Å². The smallest absolute Gasteiger partial charge is 0.282 e. The van der Waals surface area contributed by atoms with Gasteiger partial charge in [0.15, 0.2) is 0 Å². The van der Waals surface area contributed by atoms with Crippen LogP contribution in [0.2, 0.25) is 0 Å². The van der Waals surface area contributed by atoms with Gasteiger partial charge in [0, 0.05) is 11.6 Å². The average Bonchev–Trinajstić information content (AvgIpc) is 2.16. The van der Waals surface area contributed by atoms with Crippen molar-refractivity contribution in [2.45, 2.75) is 11.8 Å². The maximum absolute atomic E-state index is 11.1. The van der Waals surface area contributed by atoms with E-state index in [-0.39, 0.29) is 4.90 Å². The number of rotatable bonds is 1. The van der Waals surface area contributed by atoms with Gasteiger partial charge >= 0.3 is 0 Å². The van der Waals surface area contributed by atoms with Gasteiger partial charge in [0.05, 0.1) is 5.52 Å². The van der Waals surface area contributed by atoms with Crippen LogP contribution in [0, 0.1) is 6.92 Å². The summed E-state index contributed by atoms with van der Waals surface area (Å²) in [5.41, 5.74) is 1.23. The first kappa shape index (κ1) is 10.1. The number of para-hydroxylation sites is 1. The number of pyridine rings is 1. The van der Waals surface area contributed by atoms with Crippen molar-refractivity contribution in [1.82, 2.24) is 4.98 Å². The molecule has 1 aromatic heterocycles. The van der Waals surface area contributed by atoms with Crippen LogP contribution in [-0.2, 0) is 10.1 Å². The second-order valence-electron chi connectivity index (χ2n) is 3.26. The highest BCUT2D eigenvalue weighted by molar-refractivity contribution is 7.86. The summed E-state index contributed by atoms with van der Waals surface area (Å²) in [6.07, 6.45) is 1.52. The summed E-state index contributed by atoms with van der Waals surface area (Å²) in [7, 11) is -4.21. The van der Waals surface area contributed by atoms with Gasteiger partial charge in [0.25, 0.3) is 10.1 Å². The van der Waals surface area contributed by atoms with Gasteiger partial charge in [0.2, 0.25) is 0 Å². The Morgan fingerprint density at radius 3 is 2.67 bits per heavy atom. The summed E-state index contributed by atoms with van der Waals surface area (Å²) in [5.74, 6) is 0. The molecule has 0 aliphatic carbocycles. The van der Waals surface area contributed by atoms with Gasteiger partial charge in [-0.25, -0.2) is 0 Å². The normalized spacial score (nSPS) is 11.9. The van der Waals surface area contributed by atoms with E-state index in [4.69, 9.17) is 4.55 Å². The molecule has 2 rings (SSSR count). The summed E-state index contributed by atoms with van der Waals surface area (Å²) in [6, 6.07) is 6.48. The van der Waals surface area contributed by atoms with Gasteiger partial charge in [-0.1, -0.05) is 12.1 Å². The maximum Gasteiger partial charge on any atom is 0.296 e. The third-order valence-electron chi connectivity index (χ3n) is 2.23. The van der Waals surface area contributed by atoms with E-state index in [9.17, 15) is 8.42 Å². The van der Waals surface area contributed by atoms with Crippen molar-refractivity contribution in [3.63, 3.8) is 0 Å². The van der Waals surface area contributed by atoms with Crippen LogP contribution in [0.5, 0.6) is 0 Å². The first-order chi connectivity index (χ1) is 7.00. The van der Waals surface area contributed by atoms with Crippen molar-refractivity contribution in [3.8, 4) is 0 Å². The Kier molecular flexibility index (Phi) is 2.21. The van der Waals surface area contributed by atoms with Crippen molar-refractivity contribution in [2.75, 3.05) is 0 Å². The minimum absolute atomic E-state index is 0.149. The highest BCUT2D eigenvalue weighted by Crippen LogP contribution is 2.22. The SMILES string of the molecule is Cc1ccnc2c(S(=O)(=O)O)cccc12. The standard InChI is InChI=1S/C10H9NO3S/c1-7-5-6-11-10-8(7)3-2-4-9(10)15(12,13)14/h2-6H,1H3,(H,12,13,14). The van der Waals surface area contributed by atoms with Crippen LogP contribution in [0.4, 0.5) is 0 Å². The predicted molar refractivity (Wildman–Crippen MR) is 56.3 cm³/mol. The molecular weight excluding hydrogens is 214 g/mol. The van der Waals surface area contributed by atoms with E-state index in [1.54, 1.807) is 18.2 Å². The zero-order valence-corrected chi connectivity index (χ0v) is 8.82. The topological polar surface area (TPSA) is 67.3 Å². The largest absolute Gasteiger partial charge is 0.296 e. The van der Waals surface area contributed by atoms with Crippen LogP contribution >= 0.6 is 0 Å². The Labute approximate surface area is 87.3 Å². The number of aryl methyl sites for hydroxylation is 1. The monoisotopic (exact) mass is 223 g/mol. The van der Waals surface area contributed by atoms with Crippen LogP contribution in [0.25, 0.3) is 10.9 Å². The van der Waals surface area contributed by atoms with Crippen LogP contribution < -0.4 is 0 Å². The number of fused-ring (bicyclic) bond motifs is 1. The van der Waals surface area contributed by atoms with E-state index in [1.807, 2.05) is 6.92 Å². The minimum Gasteiger partial charge on any atom is -0.282 e. The summed E-state index contributed by atoms with van der Waals surface area (Å²) >= 11 is 0. The van der Waals surface area contributed by atoms with Crippen LogP contribution in [0.1, 0.15) is 5.56 Å². The second-order valence-corrected chi connectivity index (χ2v) is 4.65. The molecule has 0 spiro atoms. The lowest BCUT2D eigenvalue weighted by Gasteiger charge is -2.04. The maximum atomic E-state index is 11.1. The molecule has 15 heavy (non-hydrogen) atoms. The molecule has 0 unspecified atom stereocenters. The Morgan fingerprint density at radius 1 is 1.27 bits per heavy atom.